The standard InChI is InChI=1S/C12H23N5/c1-11(2,3)7-12(4,5)16-9-6-10(17-13)15-8-14-9/h6,8H,7,13H2,1-5H3,(H2,14,15,16,17). The summed E-state index contributed by atoms with van der Waals surface area (Å²) in [5.74, 6) is 6.70. The predicted octanol–water partition coefficient (Wildman–Crippen LogP) is 2.39. The van der Waals surface area contributed by atoms with Gasteiger partial charge in [0.05, 0.1) is 0 Å². The largest absolute Gasteiger partial charge is 0.365 e. The first-order valence-corrected chi connectivity index (χ1v) is 5.79. The van der Waals surface area contributed by atoms with Crippen molar-refractivity contribution < 1.29 is 0 Å². The Balaban J connectivity index is 2.75. The summed E-state index contributed by atoms with van der Waals surface area (Å²) < 4.78 is 0. The fourth-order valence-electron chi connectivity index (χ4n) is 2.22. The van der Waals surface area contributed by atoms with Crippen molar-refractivity contribution in [2.45, 2.75) is 46.6 Å². The Morgan fingerprint density at radius 2 is 1.71 bits per heavy atom. The van der Waals surface area contributed by atoms with Gasteiger partial charge in [-0.05, 0) is 25.7 Å². The molecule has 0 spiro atoms. The van der Waals surface area contributed by atoms with Crippen molar-refractivity contribution in [3.8, 4) is 0 Å². The zero-order valence-electron chi connectivity index (χ0n) is 11.3. The highest BCUT2D eigenvalue weighted by Gasteiger charge is 2.25. The highest BCUT2D eigenvalue weighted by atomic mass is 15.3. The molecule has 1 rings (SSSR count). The van der Waals surface area contributed by atoms with Gasteiger partial charge in [-0.15, -0.1) is 0 Å². The fraction of sp³-hybridized carbons (Fsp3) is 0.667. The second-order valence-electron chi connectivity index (χ2n) is 6.18. The monoisotopic (exact) mass is 237 g/mol. The molecule has 4 N–H and O–H groups in total. The maximum absolute atomic E-state index is 5.32. The van der Waals surface area contributed by atoms with E-state index in [2.05, 4.69) is 55.3 Å². The molecule has 1 heterocycles. The molecule has 0 aliphatic rings. The van der Waals surface area contributed by atoms with Crippen LogP contribution in [-0.2, 0) is 0 Å². The first-order chi connectivity index (χ1) is 7.72. The third-order valence-electron chi connectivity index (χ3n) is 2.25. The maximum atomic E-state index is 5.32. The van der Waals surface area contributed by atoms with Crippen LogP contribution in [0.3, 0.4) is 0 Å². The molecule has 1 aromatic rings. The second kappa shape index (κ2) is 4.87. The van der Waals surface area contributed by atoms with Crippen LogP contribution in [0.4, 0.5) is 11.6 Å². The summed E-state index contributed by atoms with van der Waals surface area (Å²) in [7, 11) is 0. The van der Waals surface area contributed by atoms with Crippen LogP contribution in [0.15, 0.2) is 12.4 Å². The molecule has 0 bridgehead atoms. The van der Waals surface area contributed by atoms with Crippen molar-refractivity contribution in [3.63, 3.8) is 0 Å². The summed E-state index contributed by atoms with van der Waals surface area (Å²) >= 11 is 0. The Morgan fingerprint density at radius 1 is 1.12 bits per heavy atom. The van der Waals surface area contributed by atoms with Crippen LogP contribution >= 0.6 is 0 Å². The lowest BCUT2D eigenvalue weighted by Crippen LogP contribution is -2.35. The van der Waals surface area contributed by atoms with Crippen LogP contribution in [0, 0.1) is 5.41 Å². The minimum atomic E-state index is -0.0293. The van der Waals surface area contributed by atoms with Gasteiger partial charge < -0.3 is 10.7 Å². The lowest BCUT2D eigenvalue weighted by Gasteiger charge is -2.33. The highest BCUT2D eigenvalue weighted by molar-refractivity contribution is 5.46. The molecular formula is C12H23N5. The third kappa shape index (κ3) is 4.99. The van der Waals surface area contributed by atoms with E-state index in [9.17, 15) is 0 Å². The summed E-state index contributed by atoms with van der Waals surface area (Å²) in [6, 6.07) is 1.80. The minimum Gasteiger partial charge on any atom is -0.365 e. The van der Waals surface area contributed by atoms with E-state index in [0.717, 1.165) is 12.2 Å². The third-order valence-corrected chi connectivity index (χ3v) is 2.25. The Hall–Kier alpha value is -1.36. The van der Waals surface area contributed by atoms with Crippen LogP contribution in [0.2, 0.25) is 0 Å². The van der Waals surface area contributed by atoms with E-state index in [-0.39, 0.29) is 11.0 Å². The van der Waals surface area contributed by atoms with E-state index in [1.165, 1.54) is 6.33 Å². The quantitative estimate of drug-likeness (QED) is 0.554. The Morgan fingerprint density at radius 3 is 2.24 bits per heavy atom. The molecule has 5 nitrogen and oxygen atoms in total. The Kier molecular flexibility index (Phi) is 3.93. The van der Waals surface area contributed by atoms with Crippen molar-refractivity contribution in [2.24, 2.45) is 11.3 Å². The normalized spacial score (nSPS) is 12.4. The number of nitrogens with zero attached hydrogens (tertiary/aromatic N) is 2. The SMILES string of the molecule is CC(C)(C)CC(C)(C)Nc1cc(NN)ncn1. The summed E-state index contributed by atoms with van der Waals surface area (Å²) in [6.07, 6.45) is 2.53. The topological polar surface area (TPSA) is 75.9 Å². The summed E-state index contributed by atoms with van der Waals surface area (Å²) in [6.45, 7) is 11.0. The molecule has 96 valence electrons. The molecule has 0 saturated carbocycles. The van der Waals surface area contributed by atoms with E-state index in [1.54, 1.807) is 6.07 Å². The number of aromatic nitrogens is 2. The maximum Gasteiger partial charge on any atom is 0.145 e. The molecule has 0 aromatic carbocycles. The first-order valence-electron chi connectivity index (χ1n) is 5.79. The van der Waals surface area contributed by atoms with Crippen LogP contribution in [0.25, 0.3) is 0 Å². The van der Waals surface area contributed by atoms with Crippen molar-refractivity contribution in [1.29, 1.82) is 0 Å². The zero-order chi connectivity index (χ0) is 13.1. The number of rotatable bonds is 4. The van der Waals surface area contributed by atoms with Crippen LogP contribution in [-0.4, -0.2) is 15.5 Å². The number of hydrogen-bond donors (Lipinski definition) is 3. The molecule has 5 heteroatoms. The summed E-state index contributed by atoms with van der Waals surface area (Å²) in [4.78, 5) is 8.16. The van der Waals surface area contributed by atoms with Crippen molar-refractivity contribution in [2.75, 3.05) is 10.7 Å². The molecule has 0 aliphatic carbocycles. The minimum absolute atomic E-state index is 0.0293. The molecular weight excluding hydrogens is 214 g/mol. The number of nitrogens with two attached hydrogens (primary N) is 1. The fourth-order valence-corrected chi connectivity index (χ4v) is 2.22. The van der Waals surface area contributed by atoms with Gasteiger partial charge in [0.25, 0.3) is 0 Å². The zero-order valence-corrected chi connectivity index (χ0v) is 11.3. The molecule has 0 unspecified atom stereocenters. The van der Waals surface area contributed by atoms with E-state index >= 15 is 0 Å². The average molecular weight is 237 g/mol. The molecule has 0 radical (unpaired) electrons. The number of nitrogen functional groups attached to an aromatic ring is 1. The van der Waals surface area contributed by atoms with E-state index in [0.29, 0.717) is 5.82 Å². The highest BCUT2D eigenvalue weighted by Crippen LogP contribution is 2.29. The van der Waals surface area contributed by atoms with Crippen LogP contribution in [0.1, 0.15) is 41.0 Å². The van der Waals surface area contributed by atoms with Gasteiger partial charge in [0.15, 0.2) is 0 Å². The molecule has 0 aliphatic heterocycles. The molecule has 0 saturated heterocycles. The number of nitrogens with one attached hydrogen (secondary N) is 2. The lowest BCUT2D eigenvalue weighted by molar-refractivity contribution is 0.302. The van der Waals surface area contributed by atoms with Gasteiger partial charge in [0.1, 0.15) is 18.0 Å². The van der Waals surface area contributed by atoms with Gasteiger partial charge in [-0.3, -0.25) is 0 Å². The van der Waals surface area contributed by atoms with E-state index < -0.39 is 0 Å². The van der Waals surface area contributed by atoms with Crippen LogP contribution < -0.4 is 16.6 Å². The van der Waals surface area contributed by atoms with Gasteiger partial charge in [-0.25, -0.2) is 15.8 Å². The molecule has 0 atom stereocenters. The summed E-state index contributed by atoms with van der Waals surface area (Å²) in [5, 5.41) is 3.40. The van der Waals surface area contributed by atoms with Gasteiger partial charge in [-0.1, -0.05) is 20.8 Å². The van der Waals surface area contributed by atoms with Gasteiger partial charge in [0.2, 0.25) is 0 Å². The Labute approximate surface area is 103 Å². The van der Waals surface area contributed by atoms with Gasteiger partial charge in [0, 0.05) is 11.6 Å². The second-order valence-corrected chi connectivity index (χ2v) is 6.18. The number of anilines is 2. The van der Waals surface area contributed by atoms with Crippen molar-refractivity contribution in [3.05, 3.63) is 12.4 Å². The first kappa shape index (κ1) is 13.7. The summed E-state index contributed by atoms with van der Waals surface area (Å²) in [5.41, 5.74) is 2.74. The molecule has 1 aromatic heterocycles. The molecule has 0 fully saturated rings. The number of hydrogen-bond acceptors (Lipinski definition) is 5. The Bertz CT molecular complexity index is 367. The van der Waals surface area contributed by atoms with E-state index in [4.69, 9.17) is 5.84 Å². The van der Waals surface area contributed by atoms with Crippen LogP contribution in [0.5, 0.6) is 0 Å². The van der Waals surface area contributed by atoms with Gasteiger partial charge >= 0.3 is 0 Å². The predicted molar refractivity (Wildman–Crippen MR) is 71.6 cm³/mol. The van der Waals surface area contributed by atoms with E-state index in [1.807, 2.05) is 0 Å². The van der Waals surface area contributed by atoms with Gasteiger partial charge in [-0.2, -0.15) is 0 Å². The number of hydrazine groups is 1. The van der Waals surface area contributed by atoms with Crippen molar-refractivity contribution >= 4 is 11.6 Å². The average Bonchev–Trinajstić information content (AvgIpc) is 2.13. The lowest BCUT2D eigenvalue weighted by atomic mass is 9.82. The smallest absolute Gasteiger partial charge is 0.145 e. The molecule has 0 amide bonds. The van der Waals surface area contributed by atoms with Crippen molar-refractivity contribution in [1.82, 2.24) is 9.97 Å². The molecule has 17 heavy (non-hydrogen) atoms.